The molecule has 0 fully saturated rings. The van der Waals surface area contributed by atoms with E-state index in [0.717, 1.165) is 47.0 Å². The van der Waals surface area contributed by atoms with E-state index >= 15 is 0 Å². The van der Waals surface area contributed by atoms with E-state index in [1.54, 1.807) is 12.4 Å². The van der Waals surface area contributed by atoms with Crippen LogP contribution in [0.1, 0.15) is 95.0 Å². The van der Waals surface area contributed by atoms with Crippen molar-refractivity contribution in [3.63, 3.8) is 0 Å². The summed E-state index contributed by atoms with van der Waals surface area (Å²) in [5, 5.41) is 2.23. The van der Waals surface area contributed by atoms with Gasteiger partial charge in [0.25, 0.3) is 0 Å². The minimum Gasteiger partial charge on any atom is -0.384 e. The number of nitrogens with two attached hydrogens (primary N) is 1. The van der Waals surface area contributed by atoms with Crippen molar-refractivity contribution in [2.45, 2.75) is 90.9 Å². The molecular weight excluding hydrogens is 552 g/mol. The smallest absolute Gasteiger partial charge is 0.159 e. The Labute approximate surface area is 269 Å². The van der Waals surface area contributed by atoms with E-state index in [0.29, 0.717) is 5.82 Å². The summed E-state index contributed by atoms with van der Waals surface area (Å²) in [5.41, 5.74) is 12.2. The average molecular weight is 601 g/mol. The lowest BCUT2D eigenvalue weighted by Gasteiger charge is -2.07. The minimum atomic E-state index is 0.571. The molecule has 0 radical (unpaired) electrons. The molecular formula is C39H48N6. The van der Waals surface area contributed by atoms with Crippen molar-refractivity contribution in [3.8, 4) is 0 Å². The Morgan fingerprint density at radius 2 is 1.24 bits per heavy atom. The third kappa shape index (κ3) is 11.5. The first kappa shape index (κ1) is 33.4. The van der Waals surface area contributed by atoms with E-state index in [-0.39, 0.29) is 0 Å². The lowest BCUT2D eigenvalue weighted by atomic mass is 10.00. The molecule has 0 bridgehead atoms. The Balaban J connectivity index is 0.000000215. The van der Waals surface area contributed by atoms with Crippen molar-refractivity contribution >= 4 is 33.5 Å². The van der Waals surface area contributed by atoms with Crippen LogP contribution in [0.3, 0.4) is 0 Å². The minimum absolute atomic E-state index is 0.571. The molecule has 0 unspecified atom stereocenters. The molecule has 0 aliphatic carbocycles. The molecule has 0 saturated carbocycles. The van der Waals surface area contributed by atoms with Gasteiger partial charge in [-0.05, 0) is 137 Å². The zero-order valence-electron chi connectivity index (χ0n) is 27.0. The highest BCUT2D eigenvalue weighted by molar-refractivity contribution is 5.74. The summed E-state index contributed by atoms with van der Waals surface area (Å²) < 4.78 is 0. The van der Waals surface area contributed by atoms with Crippen LogP contribution in [0, 0.1) is 0 Å². The normalized spacial score (nSPS) is 11.6. The second-order valence-corrected chi connectivity index (χ2v) is 11.4. The zero-order chi connectivity index (χ0) is 31.5. The van der Waals surface area contributed by atoms with Crippen LogP contribution in [-0.4, -0.2) is 24.9 Å². The summed E-state index contributed by atoms with van der Waals surface area (Å²) in [6, 6.07) is 20.4. The van der Waals surface area contributed by atoms with Crippen molar-refractivity contribution in [3.05, 3.63) is 114 Å². The van der Waals surface area contributed by atoms with Gasteiger partial charge in [0, 0.05) is 40.8 Å². The Hall–Kier alpha value is -4.45. The van der Waals surface area contributed by atoms with Crippen molar-refractivity contribution in [1.29, 1.82) is 0 Å². The number of hydrogen-bond donors (Lipinski definition) is 1. The first-order chi connectivity index (χ1) is 22.2. The molecule has 0 aliphatic rings. The van der Waals surface area contributed by atoms with Crippen LogP contribution >= 0.6 is 0 Å². The summed E-state index contributed by atoms with van der Waals surface area (Å²) in [4.78, 5) is 22.1. The fourth-order valence-corrected chi connectivity index (χ4v) is 5.38. The van der Waals surface area contributed by atoms with E-state index in [1.165, 1.54) is 74.6 Å². The standard InChI is InChI=1S/C22H26N4.C17H22N2/c1-2-17(19-12-14-21(23)25-16-19)8-5-3-4-6-10-20-13-11-18-9-7-15-24-22(18)26-20;1-2-3-4-5-6-7-8-11-16-13-12-15-10-9-14-18-17(15)19-16/h2,7,9,11-16H,3-6,8,10H2,1H3,(H2,23,25);2-3,9-10,12-14H,4-8,11H2,1H3/b17-2-;3-2+. The molecule has 0 aliphatic heterocycles. The number of pyridine rings is 5. The number of nitrogens with zero attached hydrogens (tertiary/aromatic N) is 5. The van der Waals surface area contributed by atoms with Crippen LogP contribution in [-0.2, 0) is 12.8 Å². The second kappa shape index (κ2) is 19.0. The van der Waals surface area contributed by atoms with E-state index in [1.807, 2.05) is 24.4 Å². The van der Waals surface area contributed by atoms with E-state index in [2.05, 4.69) is 99.5 Å². The van der Waals surface area contributed by atoms with Crippen molar-refractivity contribution in [1.82, 2.24) is 24.9 Å². The molecule has 2 N–H and O–H groups in total. The van der Waals surface area contributed by atoms with E-state index in [9.17, 15) is 0 Å². The maximum Gasteiger partial charge on any atom is 0.159 e. The Kier molecular flexibility index (Phi) is 14.2. The number of nitrogen functional groups attached to an aromatic ring is 1. The van der Waals surface area contributed by atoms with Gasteiger partial charge in [-0.15, -0.1) is 0 Å². The van der Waals surface area contributed by atoms with Gasteiger partial charge in [0.1, 0.15) is 5.82 Å². The van der Waals surface area contributed by atoms with Crippen LogP contribution in [0.25, 0.3) is 27.6 Å². The quantitative estimate of drug-likeness (QED) is 0.0950. The SMILES string of the molecule is C/C=C(/CCCCCCc1ccc2cccnc2n1)c1ccc(N)nc1.C/C=C/CCCCCCc1ccc2cccnc2n1. The monoisotopic (exact) mass is 600 g/mol. The molecule has 5 heterocycles. The number of unbranched alkanes of at least 4 members (excludes halogenated alkanes) is 7. The van der Waals surface area contributed by atoms with Crippen LogP contribution in [0.2, 0.25) is 0 Å². The molecule has 5 aromatic rings. The highest BCUT2D eigenvalue weighted by Gasteiger charge is 2.03. The van der Waals surface area contributed by atoms with Crippen LogP contribution in [0.4, 0.5) is 5.82 Å². The van der Waals surface area contributed by atoms with Crippen LogP contribution in [0.15, 0.2) is 97.5 Å². The molecule has 0 saturated heterocycles. The summed E-state index contributed by atoms with van der Waals surface area (Å²) >= 11 is 0. The Morgan fingerprint density at radius 1 is 0.644 bits per heavy atom. The maximum absolute atomic E-state index is 5.66. The Morgan fingerprint density at radius 3 is 1.80 bits per heavy atom. The van der Waals surface area contributed by atoms with Crippen LogP contribution in [0.5, 0.6) is 0 Å². The van der Waals surface area contributed by atoms with Crippen LogP contribution < -0.4 is 5.73 Å². The maximum atomic E-state index is 5.66. The van der Waals surface area contributed by atoms with Gasteiger partial charge in [-0.2, -0.15) is 0 Å². The molecule has 234 valence electrons. The lowest BCUT2D eigenvalue weighted by molar-refractivity contribution is 0.642. The average Bonchev–Trinajstić information content (AvgIpc) is 3.08. The molecule has 5 aromatic heterocycles. The van der Waals surface area contributed by atoms with Gasteiger partial charge < -0.3 is 5.73 Å². The van der Waals surface area contributed by atoms with E-state index in [4.69, 9.17) is 5.73 Å². The number of fused-ring (bicyclic) bond motifs is 2. The third-order valence-corrected chi connectivity index (χ3v) is 7.97. The summed E-state index contributed by atoms with van der Waals surface area (Å²) in [5.74, 6) is 0.571. The zero-order valence-corrected chi connectivity index (χ0v) is 27.0. The molecule has 0 aromatic carbocycles. The van der Waals surface area contributed by atoms with Gasteiger partial charge in [-0.25, -0.2) is 24.9 Å². The number of rotatable bonds is 15. The molecule has 5 rings (SSSR count). The van der Waals surface area contributed by atoms with Crippen molar-refractivity contribution in [2.75, 3.05) is 5.73 Å². The number of hydrogen-bond acceptors (Lipinski definition) is 6. The highest BCUT2D eigenvalue weighted by Crippen LogP contribution is 2.22. The first-order valence-electron chi connectivity index (χ1n) is 16.6. The number of anilines is 1. The third-order valence-electron chi connectivity index (χ3n) is 7.97. The Bertz CT molecular complexity index is 1640. The highest BCUT2D eigenvalue weighted by atomic mass is 14.8. The van der Waals surface area contributed by atoms with Crippen molar-refractivity contribution in [2.24, 2.45) is 0 Å². The summed E-state index contributed by atoms with van der Waals surface area (Å²) in [6.45, 7) is 4.17. The molecule has 6 heteroatoms. The van der Waals surface area contributed by atoms with Gasteiger partial charge in [0.05, 0.1) is 0 Å². The molecule has 6 nitrogen and oxygen atoms in total. The number of aromatic nitrogens is 5. The predicted molar refractivity (Wildman–Crippen MR) is 190 cm³/mol. The van der Waals surface area contributed by atoms with Gasteiger partial charge in [-0.3, -0.25) is 0 Å². The topological polar surface area (TPSA) is 90.5 Å². The number of allylic oxidation sites excluding steroid dienone is 4. The largest absolute Gasteiger partial charge is 0.384 e. The van der Waals surface area contributed by atoms with Crippen molar-refractivity contribution < 1.29 is 0 Å². The summed E-state index contributed by atoms with van der Waals surface area (Å²) in [6.07, 6.45) is 26.4. The molecule has 0 spiro atoms. The second-order valence-electron chi connectivity index (χ2n) is 11.4. The van der Waals surface area contributed by atoms with Gasteiger partial charge in [0.15, 0.2) is 11.3 Å². The first-order valence-corrected chi connectivity index (χ1v) is 16.6. The number of aryl methyl sites for hydroxylation is 2. The fraction of sp³-hybridized carbons (Fsp3) is 0.359. The molecule has 45 heavy (non-hydrogen) atoms. The summed E-state index contributed by atoms with van der Waals surface area (Å²) in [7, 11) is 0. The van der Waals surface area contributed by atoms with Gasteiger partial charge in [0.2, 0.25) is 0 Å². The fourth-order valence-electron chi connectivity index (χ4n) is 5.38. The molecule has 0 atom stereocenters. The van der Waals surface area contributed by atoms with Gasteiger partial charge >= 0.3 is 0 Å². The predicted octanol–water partition coefficient (Wildman–Crippen LogP) is 9.90. The van der Waals surface area contributed by atoms with Gasteiger partial charge in [-0.1, -0.05) is 43.9 Å². The lowest BCUT2D eigenvalue weighted by Crippen LogP contribution is -1.93. The van der Waals surface area contributed by atoms with E-state index < -0.39 is 0 Å². The molecule has 0 amide bonds.